The van der Waals surface area contributed by atoms with Crippen molar-refractivity contribution < 1.29 is 0 Å². The third kappa shape index (κ3) is 2.55. The van der Waals surface area contributed by atoms with Crippen LogP contribution in [0.3, 0.4) is 0 Å². The van der Waals surface area contributed by atoms with Crippen LogP contribution in [0.15, 0.2) is 22.7 Å². The second-order valence-corrected chi connectivity index (χ2v) is 6.81. The Morgan fingerprint density at radius 1 is 1.26 bits per heavy atom. The topological polar surface area (TPSA) is 15.3 Å². The summed E-state index contributed by atoms with van der Waals surface area (Å²) in [4.78, 5) is 2.68. The van der Waals surface area contributed by atoms with Gasteiger partial charge in [-0.25, -0.2) is 0 Å². The number of benzene rings is 1. The number of halogens is 1. The molecule has 3 heteroatoms. The molecule has 0 aromatic heterocycles. The van der Waals surface area contributed by atoms with Gasteiger partial charge in [-0.05, 0) is 56.8 Å². The SMILES string of the molecule is CCNC1CC2CCC(C1)N2c1ccc(C)c(Br)c1. The Labute approximate surface area is 124 Å². The maximum Gasteiger partial charge on any atom is 0.0382 e. The number of nitrogens with one attached hydrogen (secondary N) is 1. The van der Waals surface area contributed by atoms with Gasteiger partial charge in [0.1, 0.15) is 0 Å². The minimum Gasteiger partial charge on any atom is -0.365 e. The fourth-order valence-electron chi connectivity index (χ4n) is 3.80. The predicted molar refractivity (Wildman–Crippen MR) is 84.9 cm³/mol. The van der Waals surface area contributed by atoms with E-state index in [2.05, 4.69) is 58.2 Å². The Balaban J connectivity index is 1.81. The summed E-state index contributed by atoms with van der Waals surface area (Å²) in [5.41, 5.74) is 2.72. The molecule has 1 aromatic carbocycles. The second kappa shape index (κ2) is 5.45. The van der Waals surface area contributed by atoms with E-state index in [1.54, 1.807) is 0 Å². The Bertz CT molecular complexity index is 446. The van der Waals surface area contributed by atoms with Crippen molar-refractivity contribution in [2.75, 3.05) is 11.4 Å². The summed E-state index contributed by atoms with van der Waals surface area (Å²) in [6, 6.07) is 9.02. The van der Waals surface area contributed by atoms with E-state index in [-0.39, 0.29) is 0 Å². The highest BCUT2D eigenvalue weighted by Crippen LogP contribution is 2.40. The lowest BCUT2D eigenvalue weighted by Crippen LogP contribution is -2.49. The molecular weight excluding hydrogens is 300 g/mol. The van der Waals surface area contributed by atoms with Gasteiger partial charge in [0.05, 0.1) is 0 Å². The standard InChI is InChI=1S/C16H23BrN2/c1-3-18-12-8-13-6-7-14(9-12)19(13)15-5-4-11(2)16(17)10-15/h4-5,10,12-14,18H,3,6-9H2,1-2H3. The van der Waals surface area contributed by atoms with E-state index in [0.717, 1.165) is 24.7 Å². The van der Waals surface area contributed by atoms with Crippen molar-refractivity contribution in [1.29, 1.82) is 0 Å². The molecule has 0 saturated carbocycles. The third-order valence-electron chi connectivity index (χ3n) is 4.68. The quantitative estimate of drug-likeness (QED) is 0.908. The zero-order valence-electron chi connectivity index (χ0n) is 11.8. The highest BCUT2D eigenvalue weighted by Gasteiger charge is 2.40. The molecule has 2 fully saturated rings. The molecule has 0 radical (unpaired) electrons. The normalized spacial score (nSPS) is 29.8. The van der Waals surface area contributed by atoms with E-state index in [4.69, 9.17) is 0 Å². The number of aryl methyl sites for hydroxylation is 1. The van der Waals surface area contributed by atoms with E-state index in [1.807, 2.05) is 0 Å². The fraction of sp³-hybridized carbons (Fsp3) is 0.625. The summed E-state index contributed by atoms with van der Waals surface area (Å²) < 4.78 is 1.23. The molecule has 1 aromatic rings. The van der Waals surface area contributed by atoms with E-state index in [1.165, 1.54) is 41.4 Å². The van der Waals surface area contributed by atoms with Gasteiger partial charge in [0, 0.05) is 28.3 Å². The molecule has 0 amide bonds. The van der Waals surface area contributed by atoms with Gasteiger partial charge in [-0.1, -0.05) is 28.9 Å². The number of hydrogen-bond donors (Lipinski definition) is 1. The first-order valence-corrected chi connectivity index (χ1v) is 8.26. The number of hydrogen-bond acceptors (Lipinski definition) is 2. The average Bonchev–Trinajstić information content (AvgIpc) is 2.65. The first kappa shape index (κ1) is 13.4. The summed E-state index contributed by atoms with van der Waals surface area (Å²) in [6.07, 6.45) is 5.32. The van der Waals surface area contributed by atoms with Crippen LogP contribution in [-0.4, -0.2) is 24.7 Å². The van der Waals surface area contributed by atoms with Gasteiger partial charge in [-0.2, -0.15) is 0 Å². The van der Waals surface area contributed by atoms with Crippen LogP contribution in [0.5, 0.6) is 0 Å². The summed E-state index contributed by atoms with van der Waals surface area (Å²) in [7, 11) is 0. The maximum absolute atomic E-state index is 3.67. The molecule has 2 nitrogen and oxygen atoms in total. The molecule has 2 atom stereocenters. The van der Waals surface area contributed by atoms with Gasteiger partial charge >= 0.3 is 0 Å². The smallest absolute Gasteiger partial charge is 0.0382 e. The number of anilines is 1. The van der Waals surface area contributed by atoms with Gasteiger partial charge in [-0.3, -0.25) is 0 Å². The van der Waals surface area contributed by atoms with Crippen LogP contribution in [0.4, 0.5) is 5.69 Å². The van der Waals surface area contributed by atoms with E-state index in [9.17, 15) is 0 Å². The number of nitrogens with zero attached hydrogens (tertiary/aromatic N) is 1. The zero-order valence-corrected chi connectivity index (χ0v) is 13.4. The minimum absolute atomic E-state index is 0.729. The Hall–Kier alpha value is -0.540. The Kier molecular flexibility index (Phi) is 3.86. The van der Waals surface area contributed by atoms with E-state index >= 15 is 0 Å². The monoisotopic (exact) mass is 322 g/mol. The van der Waals surface area contributed by atoms with Crippen molar-refractivity contribution >= 4 is 21.6 Å². The lowest BCUT2D eigenvalue weighted by atomic mass is 9.96. The molecule has 2 bridgehead atoms. The number of piperidine rings is 1. The van der Waals surface area contributed by atoms with Gasteiger partial charge in [-0.15, -0.1) is 0 Å². The minimum atomic E-state index is 0.729. The summed E-state index contributed by atoms with van der Waals surface area (Å²) in [5.74, 6) is 0. The lowest BCUT2D eigenvalue weighted by molar-refractivity contribution is 0.361. The average molecular weight is 323 g/mol. The molecule has 1 N–H and O–H groups in total. The molecule has 2 aliphatic heterocycles. The first-order valence-electron chi connectivity index (χ1n) is 7.47. The summed E-state index contributed by atoms with van der Waals surface area (Å²) in [5, 5.41) is 3.64. The molecule has 104 valence electrons. The lowest BCUT2D eigenvalue weighted by Gasteiger charge is -2.41. The molecule has 3 rings (SSSR count). The second-order valence-electron chi connectivity index (χ2n) is 5.95. The molecule has 2 heterocycles. The van der Waals surface area contributed by atoms with Crippen LogP contribution in [-0.2, 0) is 0 Å². The van der Waals surface area contributed by atoms with Gasteiger partial charge in [0.25, 0.3) is 0 Å². The van der Waals surface area contributed by atoms with Crippen molar-refractivity contribution in [2.24, 2.45) is 0 Å². The van der Waals surface area contributed by atoms with E-state index in [0.29, 0.717) is 0 Å². The molecule has 0 aliphatic carbocycles. The van der Waals surface area contributed by atoms with Crippen molar-refractivity contribution in [1.82, 2.24) is 5.32 Å². The number of fused-ring (bicyclic) bond motifs is 2. The fourth-order valence-corrected chi connectivity index (χ4v) is 4.16. The van der Waals surface area contributed by atoms with Gasteiger partial charge < -0.3 is 10.2 Å². The van der Waals surface area contributed by atoms with Crippen molar-refractivity contribution in [2.45, 2.75) is 57.7 Å². The third-order valence-corrected chi connectivity index (χ3v) is 5.53. The maximum atomic E-state index is 3.67. The molecule has 2 unspecified atom stereocenters. The molecule has 2 aliphatic rings. The zero-order chi connectivity index (χ0) is 13.4. The first-order chi connectivity index (χ1) is 9.19. The molecule has 2 saturated heterocycles. The van der Waals surface area contributed by atoms with Gasteiger partial charge in [0.15, 0.2) is 0 Å². The van der Waals surface area contributed by atoms with Gasteiger partial charge in [0.2, 0.25) is 0 Å². The van der Waals surface area contributed by atoms with Crippen LogP contribution in [0.2, 0.25) is 0 Å². The largest absolute Gasteiger partial charge is 0.365 e. The predicted octanol–water partition coefficient (Wildman–Crippen LogP) is 3.87. The van der Waals surface area contributed by atoms with Crippen molar-refractivity contribution in [3.63, 3.8) is 0 Å². The van der Waals surface area contributed by atoms with Crippen LogP contribution < -0.4 is 10.2 Å². The Morgan fingerprint density at radius 3 is 2.53 bits per heavy atom. The highest BCUT2D eigenvalue weighted by atomic mass is 79.9. The van der Waals surface area contributed by atoms with Crippen LogP contribution in [0.25, 0.3) is 0 Å². The molecule has 0 spiro atoms. The molecule has 19 heavy (non-hydrogen) atoms. The van der Waals surface area contributed by atoms with Crippen LogP contribution in [0, 0.1) is 6.92 Å². The Morgan fingerprint density at radius 2 is 1.95 bits per heavy atom. The summed E-state index contributed by atoms with van der Waals surface area (Å²) >= 11 is 3.67. The van der Waals surface area contributed by atoms with E-state index < -0.39 is 0 Å². The van der Waals surface area contributed by atoms with Crippen molar-refractivity contribution in [3.8, 4) is 0 Å². The summed E-state index contributed by atoms with van der Waals surface area (Å²) in [6.45, 7) is 5.46. The number of rotatable bonds is 3. The van der Waals surface area contributed by atoms with Crippen molar-refractivity contribution in [3.05, 3.63) is 28.2 Å². The van der Waals surface area contributed by atoms with Crippen LogP contribution >= 0.6 is 15.9 Å². The van der Waals surface area contributed by atoms with Crippen LogP contribution in [0.1, 0.15) is 38.2 Å². The molecular formula is C16H23BrN2. The highest BCUT2D eigenvalue weighted by molar-refractivity contribution is 9.10.